The Balaban J connectivity index is 2.52. The summed E-state index contributed by atoms with van der Waals surface area (Å²) in [4.78, 5) is 0. The van der Waals surface area contributed by atoms with Crippen LogP contribution in [0, 0.1) is 3.57 Å². The standard InChI is InChI=1S/C16H16ClIO3/c1-19-12-8-13(20-2)15(14(9-12)21-3)16(17)10-4-6-11(18)7-5-10/h4-9,16H,1-3H3. The maximum atomic E-state index is 6.64. The first-order valence-electron chi connectivity index (χ1n) is 6.30. The van der Waals surface area contributed by atoms with E-state index in [1.807, 2.05) is 24.3 Å². The van der Waals surface area contributed by atoms with Gasteiger partial charge in [-0.1, -0.05) is 12.1 Å². The first-order valence-corrected chi connectivity index (χ1v) is 7.81. The number of hydrogen-bond acceptors (Lipinski definition) is 3. The summed E-state index contributed by atoms with van der Waals surface area (Å²) in [5.41, 5.74) is 1.78. The van der Waals surface area contributed by atoms with Gasteiger partial charge in [-0.15, -0.1) is 11.6 Å². The molecule has 0 aliphatic heterocycles. The van der Waals surface area contributed by atoms with Gasteiger partial charge in [-0.2, -0.15) is 0 Å². The predicted molar refractivity (Wildman–Crippen MR) is 93.0 cm³/mol. The summed E-state index contributed by atoms with van der Waals surface area (Å²) in [6, 6.07) is 11.7. The Morgan fingerprint density at radius 2 is 1.43 bits per heavy atom. The molecule has 0 spiro atoms. The summed E-state index contributed by atoms with van der Waals surface area (Å²) in [5, 5.41) is -0.363. The molecule has 5 heteroatoms. The zero-order valence-electron chi connectivity index (χ0n) is 12.0. The highest BCUT2D eigenvalue weighted by molar-refractivity contribution is 14.1. The first kappa shape index (κ1) is 16.2. The van der Waals surface area contributed by atoms with E-state index < -0.39 is 0 Å². The van der Waals surface area contributed by atoms with Gasteiger partial charge in [0.05, 0.1) is 32.3 Å². The van der Waals surface area contributed by atoms with Crippen LogP contribution in [0.15, 0.2) is 36.4 Å². The second kappa shape index (κ2) is 7.22. The lowest BCUT2D eigenvalue weighted by molar-refractivity contribution is 0.369. The highest BCUT2D eigenvalue weighted by atomic mass is 127. The van der Waals surface area contributed by atoms with Gasteiger partial charge in [-0.05, 0) is 40.3 Å². The van der Waals surface area contributed by atoms with Crippen molar-refractivity contribution in [2.75, 3.05) is 21.3 Å². The topological polar surface area (TPSA) is 27.7 Å². The Bertz CT molecular complexity index is 588. The number of alkyl halides is 1. The van der Waals surface area contributed by atoms with Crippen LogP contribution in [0.5, 0.6) is 17.2 Å². The molecule has 2 aromatic carbocycles. The summed E-state index contributed by atoms with van der Waals surface area (Å²) in [7, 11) is 4.82. The van der Waals surface area contributed by atoms with Crippen LogP contribution in [0.25, 0.3) is 0 Å². The lowest BCUT2D eigenvalue weighted by atomic mass is 10.0. The molecule has 0 bridgehead atoms. The second-order valence-electron chi connectivity index (χ2n) is 4.36. The Morgan fingerprint density at radius 3 is 1.86 bits per heavy atom. The SMILES string of the molecule is COc1cc(OC)c(C(Cl)c2ccc(I)cc2)c(OC)c1. The summed E-state index contributed by atoms with van der Waals surface area (Å²) in [6.07, 6.45) is 0. The molecule has 0 amide bonds. The van der Waals surface area contributed by atoms with Crippen molar-refractivity contribution in [3.8, 4) is 17.2 Å². The van der Waals surface area contributed by atoms with Crippen molar-refractivity contribution in [2.24, 2.45) is 0 Å². The largest absolute Gasteiger partial charge is 0.496 e. The molecular weight excluding hydrogens is 403 g/mol. The van der Waals surface area contributed by atoms with Gasteiger partial charge < -0.3 is 14.2 Å². The molecule has 0 saturated carbocycles. The zero-order chi connectivity index (χ0) is 15.4. The molecule has 1 unspecified atom stereocenters. The van der Waals surface area contributed by atoms with Crippen molar-refractivity contribution in [3.05, 3.63) is 51.1 Å². The van der Waals surface area contributed by atoms with Crippen LogP contribution in [-0.2, 0) is 0 Å². The minimum absolute atomic E-state index is 0.363. The van der Waals surface area contributed by atoms with Crippen LogP contribution in [-0.4, -0.2) is 21.3 Å². The highest BCUT2D eigenvalue weighted by Crippen LogP contribution is 2.43. The molecule has 112 valence electrons. The Labute approximate surface area is 143 Å². The monoisotopic (exact) mass is 418 g/mol. The summed E-state index contributed by atoms with van der Waals surface area (Å²) in [5.74, 6) is 1.95. The van der Waals surface area contributed by atoms with E-state index in [2.05, 4.69) is 22.6 Å². The van der Waals surface area contributed by atoms with Crippen molar-refractivity contribution < 1.29 is 14.2 Å². The second-order valence-corrected chi connectivity index (χ2v) is 6.04. The fourth-order valence-electron chi connectivity index (χ4n) is 2.08. The quantitative estimate of drug-likeness (QED) is 0.523. The molecular formula is C16H16ClIO3. The molecule has 2 rings (SSSR count). The van der Waals surface area contributed by atoms with E-state index in [-0.39, 0.29) is 5.38 Å². The van der Waals surface area contributed by atoms with E-state index in [1.165, 1.54) is 0 Å². The van der Waals surface area contributed by atoms with Gasteiger partial charge in [0.15, 0.2) is 0 Å². The van der Waals surface area contributed by atoms with Crippen LogP contribution >= 0.6 is 34.2 Å². The smallest absolute Gasteiger partial charge is 0.131 e. The molecule has 0 heterocycles. The van der Waals surface area contributed by atoms with E-state index in [0.717, 1.165) is 14.7 Å². The van der Waals surface area contributed by atoms with Crippen molar-refractivity contribution >= 4 is 34.2 Å². The van der Waals surface area contributed by atoms with Crippen LogP contribution in [0.3, 0.4) is 0 Å². The minimum atomic E-state index is -0.363. The van der Waals surface area contributed by atoms with Crippen molar-refractivity contribution in [1.82, 2.24) is 0 Å². The number of benzene rings is 2. The molecule has 0 aromatic heterocycles. The predicted octanol–water partition coefficient (Wildman–Crippen LogP) is 4.65. The normalized spacial score (nSPS) is 11.9. The summed E-state index contributed by atoms with van der Waals surface area (Å²) in [6.45, 7) is 0. The van der Waals surface area contributed by atoms with Crippen molar-refractivity contribution in [2.45, 2.75) is 5.38 Å². The van der Waals surface area contributed by atoms with Crippen molar-refractivity contribution in [3.63, 3.8) is 0 Å². The molecule has 0 radical (unpaired) electrons. The van der Waals surface area contributed by atoms with Gasteiger partial charge >= 0.3 is 0 Å². The lowest BCUT2D eigenvalue weighted by Gasteiger charge is -2.19. The Hall–Kier alpha value is -1.14. The maximum Gasteiger partial charge on any atom is 0.131 e. The number of halogens is 2. The average molecular weight is 419 g/mol. The van der Waals surface area contributed by atoms with Gasteiger partial charge in [0.2, 0.25) is 0 Å². The van der Waals surface area contributed by atoms with E-state index in [1.54, 1.807) is 33.5 Å². The molecule has 0 N–H and O–H groups in total. The summed E-state index contributed by atoms with van der Waals surface area (Å²) >= 11 is 8.91. The molecule has 3 nitrogen and oxygen atoms in total. The van der Waals surface area contributed by atoms with Gasteiger partial charge in [0.25, 0.3) is 0 Å². The molecule has 0 aliphatic rings. The van der Waals surface area contributed by atoms with Gasteiger partial charge in [-0.25, -0.2) is 0 Å². The van der Waals surface area contributed by atoms with Crippen LogP contribution in [0.1, 0.15) is 16.5 Å². The minimum Gasteiger partial charge on any atom is -0.496 e. The highest BCUT2D eigenvalue weighted by Gasteiger charge is 2.22. The van der Waals surface area contributed by atoms with Gasteiger partial charge in [0.1, 0.15) is 17.2 Å². The number of hydrogen-bond donors (Lipinski definition) is 0. The van der Waals surface area contributed by atoms with Crippen LogP contribution in [0.4, 0.5) is 0 Å². The number of ether oxygens (including phenoxy) is 3. The lowest BCUT2D eigenvalue weighted by Crippen LogP contribution is -2.02. The maximum absolute atomic E-state index is 6.64. The third kappa shape index (κ3) is 3.55. The van der Waals surface area contributed by atoms with Crippen LogP contribution < -0.4 is 14.2 Å². The van der Waals surface area contributed by atoms with Crippen molar-refractivity contribution in [1.29, 1.82) is 0 Å². The van der Waals surface area contributed by atoms with E-state index in [4.69, 9.17) is 25.8 Å². The molecule has 0 aliphatic carbocycles. The zero-order valence-corrected chi connectivity index (χ0v) is 14.9. The number of rotatable bonds is 5. The van der Waals surface area contributed by atoms with Gasteiger partial charge in [-0.3, -0.25) is 0 Å². The Morgan fingerprint density at radius 1 is 0.905 bits per heavy atom. The fourth-order valence-corrected chi connectivity index (χ4v) is 2.80. The average Bonchev–Trinajstić information content (AvgIpc) is 2.53. The molecule has 0 saturated heterocycles. The first-order chi connectivity index (χ1) is 10.1. The third-order valence-electron chi connectivity index (χ3n) is 3.17. The summed E-state index contributed by atoms with van der Waals surface area (Å²) < 4.78 is 17.3. The fraction of sp³-hybridized carbons (Fsp3) is 0.250. The van der Waals surface area contributed by atoms with Gasteiger partial charge in [0, 0.05) is 15.7 Å². The molecule has 0 fully saturated rings. The molecule has 21 heavy (non-hydrogen) atoms. The molecule has 2 aromatic rings. The Kier molecular flexibility index (Phi) is 5.58. The van der Waals surface area contributed by atoms with E-state index >= 15 is 0 Å². The number of methoxy groups -OCH3 is 3. The van der Waals surface area contributed by atoms with Crippen LogP contribution in [0.2, 0.25) is 0 Å². The third-order valence-corrected chi connectivity index (χ3v) is 4.36. The van der Waals surface area contributed by atoms with E-state index in [0.29, 0.717) is 17.2 Å². The molecule has 1 atom stereocenters. The van der Waals surface area contributed by atoms with E-state index in [9.17, 15) is 0 Å².